The number of nitrogens with zero attached hydrogens (tertiary/aromatic N) is 1. The third-order valence-corrected chi connectivity index (χ3v) is 2.40. The van der Waals surface area contributed by atoms with Gasteiger partial charge in [0.1, 0.15) is 0 Å². The van der Waals surface area contributed by atoms with Crippen molar-refractivity contribution in [2.75, 3.05) is 32.7 Å². The lowest BCUT2D eigenvalue weighted by Crippen LogP contribution is -2.29. The van der Waals surface area contributed by atoms with E-state index in [9.17, 15) is 0 Å². The zero-order valence-electron chi connectivity index (χ0n) is 8.27. The highest BCUT2D eigenvalue weighted by atomic mass is 15.1. The number of nitrogens with one attached hydrogen (secondary N) is 1. The third-order valence-electron chi connectivity index (χ3n) is 2.40. The Kier molecular flexibility index (Phi) is 4.33. The minimum Gasteiger partial charge on any atom is -0.315 e. The van der Waals surface area contributed by atoms with Crippen LogP contribution < -0.4 is 5.32 Å². The van der Waals surface area contributed by atoms with Crippen LogP contribution >= 0.6 is 0 Å². The second-order valence-corrected chi connectivity index (χ2v) is 3.51. The summed E-state index contributed by atoms with van der Waals surface area (Å²) in [4.78, 5) is 2.52. The van der Waals surface area contributed by atoms with E-state index in [-0.39, 0.29) is 0 Å². The molecule has 2 nitrogen and oxygen atoms in total. The van der Waals surface area contributed by atoms with E-state index in [4.69, 9.17) is 0 Å². The molecule has 0 aliphatic carbocycles. The first-order valence-corrected chi connectivity index (χ1v) is 4.88. The van der Waals surface area contributed by atoms with E-state index in [1.807, 2.05) is 0 Å². The first kappa shape index (κ1) is 9.75. The van der Waals surface area contributed by atoms with Gasteiger partial charge >= 0.3 is 0 Å². The van der Waals surface area contributed by atoms with Gasteiger partial charge in [-0.1, -0.05) is 11.6 Å². The van der Waals surface area contributed by atoms with Gasteiger partial charge in [0.05, 0.1) is 0 Å². The van der Waals surface area contributed by atoms with E-state index in [1.54, 1.807) is 0 Å². The standard InChI is InChI=1S/C10H20N2/c1-3-10(2)9-12-7-4-5-11-6-8-12/h3,11H,4-9H2,1-2H3/b10-3+. The molecule has 0 aromatic rings. The van der Waals surface area contributed by atoms with Crippen molar-refractivity contribution >= 4 is 0 Å². The van der Waals surface area contributed by atoms with Crippen LogP contribution in [0.15, 0.2) is 11.6 Å². The Bertz CT molecular complexity index is 144. The van der Waals surface area contributed by atoms with Gasteiger partial charge < -0.3 is 5.32 Å². The van der Waals surface area contributed by atoms with Crippen molar-refractivity contribution in [2.24, 2.45) is 0 Å². The molecule has 0 spiro atoms. The van der Waals surface area contributed by atoms with E-state index in [1.165, 1.54) is 31.6 Å². The molecule has 0 bridgehead atoms. The van der Waals surface area contributed by atoms with E-state index in [0.717, 1.165) is 13.1 Å². The quantitative estimate of drug-likeness (QED) is 0.624. The van der Waals surface area contributed by atoms with Crippen molar-refractivity contribution in [3.8, 4) is 0 Å². The number of rotatable bonds is 2. The zero-order chi connectivity index (χ0) is 8.81. The lowest BCUT2D eigenvalue weighted by Gasteiger charge is -2.19. The maximum absolute atomic E-state index is 3.41. The molecule has 0 amide bonds. The fourth-order valence-electron chi connectivity index (χ4n) is 1.50. The van der Waals surface area contributed by atoms with Crippen LogP contribution in [-0.2, 0) is 0 Å². The molecule has 1 N–H and O–H groups in total. The summed E-state index contributed by atoms with van der Waals surface area (Å²) in [5, 5.41) is 3.41. The van der Waals surface area contributed by atoms with E-state index in [2.05, 4.69) is 30.1 Å². The predicted molar refractivity (Wildman–Crippen MR) is 53.4 cm³/mol. The SMILES string of the molecule is C/C=C(\C)CN1CCCNCC1. The molecule has 12 heavy (non-hydrogen) atoms. The largest absolute Gasteiger partial charge is 0.315 e. The molecule has 1 aliphatic heterocycles. The summed E-state index contributed by atoms with van der Waals surface area (Å²) in [5.74, 6) is 0. The second kappa shape index (κ2) is 5.33. The van der Waals surface area contributed by atoms with Crippen molar-refractivity contribution in [3.05, 3.63) is 11.6 Å². The van der Waals surface area contributed by atoms with Crippen molar-refractivity contribution in [2.45, 2.75) is 20.3 Å². The normalized spacial score (nSPS) is 22.3. The Morgan fingerprint density at radius 1 is 1.42 bits per heavy atom. The first-order valence-electron chi connectivity index (χ1n) is 4.88. The van der Waals surface area contributed by atoms with Crippen LogP contribution in [0.5, 0.6) is 0 Å². The second-order valence-electron chi connectivity index (χ2n) is 3.51. The molecule has 0 aromatic heterocycles. The van der Waals surface area contributed by atoms with E-state index >= 15 is 0 Å². The average molecular weight is 168 g/mol. The molecule has 1 aliphatic rings. The molecular weight excluding hydrogens is 148 g/mol. The molecule has 1 saturated heterocycles. The summed E-state index contributed by atoms with van der Waals surface area (Å²) < 4.78 is 0. The van der Waals surface area contributed by atoms with Crippen molar-refractivity contribution in [1.29, 1.82) is 0 Å². The first-order chi connectivity index (χ1) is 5.83. The molecular formula is C10H20N2. The molecule has 2 heteroatoms. The summed E-state index contributed by atoms with van der Waals surface area (Å²) >= 11 is 0. The van der Waals surface area contributed by atoms with Crippen molar-refractivity contribution in [3.63, 3.8) is 0 Å². The Morgan fingerprint density at radius 2 is 2.25 bits per heavy atom. The fraction of sp³-hybridized carbons (Fsp3) is 0.800. The molecule has 1 fully saturated rings. The highest BCUT2D eigenvalue weighted by Gasteiger charge is 2.07. The molecule has 0 aromatic carbocycles. The lowest BCUT2D eigenvalue weighted by molar-refractivity contribution is 0.317. The smallest absolute Gasteiger partial charge is 0.0190 e. The predicted octanol–water partition coefficient (Wildman–Crippen LogP) is 1.25. The third kappa shape index (κ3) is 3.37. The van der Waals surface area contributed by atoms with Gasteiger partial charge in [-0.3, -0.25) is 4.90 Å². The molecule has 1 rings (SSSR count). The minimum absolute atomic E-state index is 1.15. The van der Waals surface area contributed by atoms with Crippen LogP contribution in [0.25, 0.3) is 0 Å². The molecule has 1 heterocycles. The highest BCUT2D eigenvalue weighted by Crippen LogP contribution is 2.00. The van der Waals surface area contributed by atoms with Crippen molar-refractivity contribution < 1.29 is 0 Å². The highest BCUT2D eigenvalue weighted by molar-refractivity contribution is 4.98. The zero-order valence-corrected chi connectivity index (χ0v) is 8.27. The van der Waals surface area contributed by atoms with E-state index in [0.29, 0.717) is 0 Å². The monoisotopic (exact) mass is 168 g/mol. The Hall–Kier alpha value is -0.340. The fourth-order valence-corrected chi connectivity index (χ4v) is 1.50. The topological polar surface area (TPSA) is 15.3 Å². The van der Waals surface area contributed by atoms with Crippen LogP contribution in [0.3, 0.4) is 0 Å². The van der Waals surface area contributed by atoms with Crippen LogP contribution in [0.4, 0.5) is 0 Å². The Balaban J connectivity index is 2.29. The summed E-state index contributed by atoms with van der Waals surface area (Å²) in [7, 11) is 0. The lowest BCUT2D eigenvalue weighted by atomic mass is 10.2. The molecule has 70 valence electrons. The molecule has 0 radical (unpaired) electrons. The van der Waals surface area contributed by atoms with Crippen molar-refractivity contribution in [1.82, 2.24) is 10.2 Å². The van der Waals surface area contributed by atoms with Gasteiger partial charge in [0.15, 0.2) is 0 Å². The molecule has 0 atom stereocenters. The number of hydrogen-bond donors (Lipinski definition) is 1. The van der Waals surface area contributed by atoms with Gasteiger partial charge in [-0.05, 0) is 33.4 Å². The van der Waals surface area contributed by atoms with Crippen LogP contribution in [0, 0.1) is 0 Å². The minimum atomic E-state index is 1.15. The Labute approximate surface area is 75.6 Å². The molecule has 0 unspecified atom stereocenters. The average Bonchev–Trinajstić information content (AvgIpc) is 2.33. The summed E-state index contributed by atoms with van der Waals surface area (Å²) in [5.41, 5.74) is 1.48. The Morgan fingerprint density at radius 3 is 3.00 bits per heavy atom. The summed E-state index contributed by atoms with van der Waals surface area (Å²) in [6.45, 7) is 10.3. The van der Waals surface area contributed by atoms with Gasteiger partial charge in [0.25, 0.3) is 0 Å². The van der Waals surface area contributed by atoms with E-state index < -0.39 is 0 Å². The van der Waals surface area contributed by atoms with Gasteiger partial charge in [0.2, 0.25) is 0 Å². The maximum Gasteiger partial charge on any atom is 0.0190 e. The number of hydrogen-bond acceptors (Lipinski definition) is 2. The molecule has 0 saturated carbocycles. The summed E-state index contributed by atoms with van der Waals surface area (Å²) in [6.07, 6.45) is 3.50. The van der Waals surface area contributed by atoms with Gasteiger partial charge in [0, 0.05) is 19.6 Å². The van der Waals surface area contributed by atoms with Crippen LogP contribution in [0.1, 0.15) is 20.3 Å². The number of allylic oxidation sites excluding steroid dienone is 1. The van der Waals surface area contributed by atoms with Gasteiger partial charge in [-0.15, -0.1) is 0 Å². The summed E-state index contributed by atoms with van der Waals surface area (Å²) in [6, 6.07) is 0. The van der Waals surface area contributed by atoms with Gasteiger partial charge in [-0.2, -0.15) is 0 Å². The van der Waals surface area contributed by atoms with Crippen LogP contribution in [-0.4, -0.2) is 37.6 Å². The van der Waals surface area contributed by atoms with Crippen LogP contribution in [0.2, 0.25) is 0 Å². The van der Waals surface area contributed by atoms with Gasteiger partial charge in [-0.25, -0.2) is 0 Å². The maximum atomic E-state index is 3.41.